The number of carbonyl (C=O) groups excluding carboxylic acids is 2. The van der Waals surface area contributed by atoms with E-state index in [9.17, 15) is 9.59 Å². The maximum absolute atomic E-state index is 12.7. The summed E-state index contributed by atoms with van der Waals surface area (Å²) in [5.41, 5.74) is 1.84. The molecule has 2 aromatic carbocycles. The lowest BCUT2D eigenvalue weighted by molar-refractivity contribution is -0.135. The number of aryl methyl sites for hydroxylation is 2. The Bertz CT molecular complexity index is 827. The van der Waals surface area contributed by atoms with E-state index in [2.05, 4.69) is 10.6 Å². The zero-order valence-corrected chi connectivity index (χ0v) is 16.3. The number of anilines is 2. The molecule has 0 saturated carbocycles. The minimum Gasteiger partial charge on any atom is -0.495 e. The molecule has 138 valence electrons. The van der Waals surface area contributed by atoms with Gasteiger partial charge in [0.25, 0.3) is 0 Å². The van der Waals surface area contributed by atoms with Crippen molar-refractivity contribution < 1.29 is 14.3 Å². The molecule has 0 aliphatic rings. The molecule has 26 heavy (non-hydrogen) atoms. The number of ether oxygens (including phenoxy) is 1. The fourth-order valence-corrected chi connectivity index (χ4v) is 2.67. The SMILES string of the molecule is COc1ccc(Cl)cc1NC(=O)C(C)(C)C(=O)Nc1cc(C)cc(C)c1. The minimum absolute atomic E-state index is 0.402. The lowest BCUT2D eigenvalue weighted by Gasteiger charge is -2.23. The van der Waals surface area contributed by atoms with Gasteiger partial charge in [-0.1, -0.05) is 17.7 Å². The molecular formula is C20H23ClN2O3. The van der Waals surface area contributed by atoms with Gasteiger partial charge in [-0.2, -0.15) is 0 Å². The third-order valence-electron chi connectivity index (χ3n) is 4.02. The summed E-state index contributed by atoms with van der Waals surface area (Å²) in [4.78, 5) is 25.4. The molecule has 0 atom stereocenters. The van der Waals surface area contributed by atoms with E-state index in [1.165, 1.54) is 7.11 Å². The Morgan fingerprint density at radius 2 is 1.54 bits per heavy atom. The predicted octanol–water partition coefficient (Wildman–Crippen LogP) is 4.57. The number of rotatable bonds is 5. The second-order valence-electron chi connectivity index (χ2n) is 6.75. The van der Waals surface area contributed by atoms with Crippen molar-refractivity contribution in [2.75, 3.05) is 17.7 Å². The second-order valence-corrected chi connectivity index (χ2v) is 7.19. The van der Waals surface area contributed by atoms with Crippen LogP contribution in [0.5, 0.6) is 5.75 Å². The summed E-state index contributed by atoms with van der Waals surface area (Å²) in [5.74, 6) is -0.394. The van der Waals surface area contributed by atoms with Crippen molar-refractivity contribution in [2.24, 2.45) is 5.41 Å². The second kappa shape index (κ2) is 7.79. The summed E-state index contributed by atoms with van der Waals surface area (Å²) in [7, 11) is 1.50. The van der Waals surface area contributed by atoms with Gasteiger partial charge in [0.15, 0.2) is 0 Å². The van der Waals surface area contributed by atoms with Gasteiger partial charge in [0.05, 0.1) is 12.8 Å². The molecular weight excluding hydrogens is 352 g/mol. The highest BCUT2D eigenvalue weighted by Crippen LogP contribution is 2.30. The number of carbonyl (C=O) groups is 2. The first-order valence-electron chi connectivity index (χ1n) is 8.18. The smallest absolute Gasteiger partial charge is 0.239 e. The van der Waals surface area contributed by atoms with Crippen molar-refractivity contribution in [3.05, 3.63) is 52.5 Å². The van der Waals surface area contributed by atoms with Crippen molar-refractivity contribution in [3.63, 3.8) is 0 Å². The van der Waals surface area contributed by atoms with Gasteiger partial charge in [0.1, 0.15) is 11.2 Å². The lowest BCUT2D eigenvalue weighted by Crippen LogP contribution is -2.41. The van der Waals surface area contributed by atoms with E-state index in [-0.39, 0.29) is 0 Å². The van der Waals surface area contributed by atoms with Crippen molar-refractivity contribution >= 4 is 34.8 Å². The molecule has 0 unspecified atom stereocenters. The largest absolute Gasteiger partial charge is 0.495 e. The van der Waals surface area contributed by atoms with E-state index in [4.69, 9.17) is 16.3 Å². The summed E-state index contributed by atoms with van der Waals surface area (Å²) in [6, 6.07) is 10.6. The van der Waals surface area contributed by atoms with Crippen LogP contribution < -0.4 is 15.4 Å². The topological polar surface area (TPSA) is 67.4 Å². The summed E-state index contributed by atoms with van der Waals surface area (Å²) < 4.78 is 5.22. The highest BCUT2D eigenvalue weighted by atomic mass is 35.5. The van der Waals surface area contributed by atoms with Crippen molar-refractivity contribution in [2.45, 2.75) is 27.7 Å². The van der Waals surface area contributed by atoms with Crippen molar-refractivity contribution in [1.82, 2.24) is 0 Å². The maximum atomic E-state index is 12.7. The molecule has 6 heteroatoms. The fraction of sp³-hybridized carbons (Fsp3) is 0.300. The Labute approximate surface area is 158 Å². The van der Waals surface area contributed by atoms with Crippen LogP contribution in [0.3, 0.4) is 0 Å². The van der Waals surface area contributed by atoms with Crippen LogP contribution >= 0.6 is 11.6 Å². The van der Waals surface area contributed by atoms with Gasteiger partial charge < -0.3 is 15.4 Å². The van der Waals surface area contributed by atoms with E-state index in [1.54, 1.807) is 32.0 Å². The number of amides is 2. The standard InChI is InChI=1S/C20H23ClN2O3/c1-12-8-13(2)10-15(9-12)22-18(24)20(3,4)19(25)23-16-11-14(21)6-7-17(16)26-5/h6-11H,1-5H3,(H,22,24)(H,23,25). The molecule has 0 saturated heterocycles. The number of benzene rings is 2. The summed E-state index contributed by atoms with van der Waals surface area (Å²) in [6.45, 7) is 7.03. The Hall–Kier alpha value is -2.53. The monoisotopic (exact) mass is 374 g/mol. The van der Waals surface area contributed by atoms with Crippen molar-refractivity contribution in [1.29, 1.82) is 0 Å². The van der Waals surface area contributed by atoms with Gasteiger partial charge >= 0.3 is 0 Å². The first-order chi connectivity index (χ1) is 12.1. The maximum Gasteiger partial charge on any atom is 0.239 e. The van der Waals surface area contributed by atoms with Crippen molar-refractivity contribution in [3.8, 4) is 5.75 Å². The lowest BCUT2D eigenvalue weighted by atomic mass is 9.90. The van der Waals surface area contributed by atoms with Gasteiger partial charge in [0.2, 0.25) is 11.8 Å². The minimum atomic E-state index is -1.30. The number of halogens is 1. The molecule has 0 aliphatic heterocycles. The molecule has 2 aromatic rings. The molecule has 0 aromatic heterocycles. The van der Waals surface area contributed by atoms with Crippen LogP contribution in [0.25, 0.3) is 0 Å². The zero-order valence-electron chi connectivity index (χ0n) is 15.6. The molecule has 0 bridgehead atoms. The number of hydrogen-bond acceptors (Lipinski definition) is 3. The van der Waals surface area contributed by atoms with Crippen LogP contribution in [-0.4, -0.2) is 18.9 Å². The summed E-state index contributed by atoms with van der Waals surface area (Å²) in [6.07, 6.45) is 0. The first kappa shape index (κ1) is 19.8. The highest BCUT2D eigenvalue weighted by Gasteiger charge is 2.36. The average Bonchev–Trinajstić information content (AvgIpc) is 2.53. The van der Waals surface area contributed by atoms with E-state index in [0.29, 0.717) is 22.1 Å². The van der Waals surface area contributed by atoms with Crippen LogP contribution in [0, 0.1) is 19.3 Å². The number of nitrogens with one attached hydrogen (secondary N) is 2. The fourth-order valence-electron chi connectivity index (χ4n) is 2.49. The molecule has 0 radical (unpaired) electrons. The van der Waals surface area contributed by atoms with Crippen LogP contribution in [0.4, 0.5) is 11.4 Å². The summed E-state index contributed by atoms with van der Waals surface area (Å²) in [5, 5.41) is 5.99. The molecule has 0 aliphatic carbocycles. The molecule has 0 heterocycles. The Balaban J connectivity index is 2.18. The van der Waals surface area contributed by atoms with Gasteiger partial charge in [-0.25, -0.2) is 0 Å². The quantitative estimate of drug-likeness (QED) is 0.753. The zero-order chi connectivity index (χ0) is 19.5. The molecule has 0 spiro atoms. The highest BCUT2D eigenvalue weighted by molar-refractivity contribution is 6.31. The van der Waals surface area contributed by atoms with Crippen LogP contribution in [0.1, 0.15) is 25.0 Å². The van der Waals surface area contributed by atoms with Gasteiger partial charge in [-0.15, -0.1) is 0 Å². The van der Waals surface area contributed by atoms with E-state index in [1.807, 2.05) is 32.0 Å². The van der Waals surface area contributed by atoms with Crippen LogP contribution in [0.2, 0.25) is 5.02 Å². The molecule has 0 fully saturated rings. The molecule has 5 nitrogen and oxygen atoms in total. The average molecular weight is 375 g/mol. The van der Waals surface area contributed by atoms with E-state index >= 15 is 0 Å². The van der Waals surface area contributed by atoms with Gasteiger partial charge in [-0.3, -0.25) is 9.59 Å². The predicted molar refractivity (Wildman–Crippen MR) is 105 cm³/mol. The van der Waals surface area contributed by atoms with Gasteiger partial charge in [0, 0.05) is 10.7 Å². The molecule has 2 rings (SSSR count). The van der Waals surface area contributed by atoms with Gasteiger partial charge in [-0.05, 0) is 69.2 Å². The summed E-state index contributed by atoms with van der Waals surface area (Å²) >= 11 is 5.98. The van der Waals surface area contributed by atoms with E-state index in [0.717, 1.165) is 11.1 Å². The Morgan fingerprint density at radius 3 is 2.12 bits per heavy atom. The Morgan fingerprint density at radius 1 is 0.962 bits per heavy atom. The molecule has 2 N–H and O–H groups in total. The van der Waals surface area contributed by atoms with Crippen LogP contribution in [0.15, 0.2) is 36.4 Å². The number of methoxy groups -OCH3 is 1. The molecule has 2 amide bonds. The number of hydrogen-bond donors (Lipinski definition) is 2. The van der Waals surface area contributed by atoms with Crippen LogP contribution in [-0.2, 0) is 9.59 Å². The normalized spacial score (nSPS) is 11.0. The third kappa shape index (κ3) is 4.55. The third-order valence-corrected chi connectivity index (χ3v) is 4.26. The van der Waals surface area contributed by atoms with E-state index < -0.39 is 17.2 Å². The Kier molecular flexibility index (Phi) is 5.93. The first-order valence-corrected chi connectivity index (χ1v) is 8.56.